The Labute approximate surface area is 103 Å². The molecule has 0 saturated carbocycles. The second kappa shape index (κ2) is 23.2. The second-order valence-corrected chi connectivity index (χ2v) is 2.11. The third-order valence-electron chi connectivity index (χ3n) is 1.01. The predicted octanol–water partition coefficient (Wildman–Crippen LogP) is 1.55. The Hall–Kier alpha value is -0.826. The van der Waals surface area contributed by atoms with Crippen LogP contribution >= 0.6 is 0 Å². The van der Waals surface area contributed by atoms with Gasteiger partial charge in [0.25, 0.3) is 0 Å². The summed E-state index contributed by atoms with van der Waals surface area (Å²) in [7, 11) is 3.42. The first-order valence-electron chi connectivity index (χ1n) is 4.64. The Morgan fingerprint density at radius 2 is 1.07 bits per heavy atom. The molecular formula is C10H20N4Ni. The molecule has 0 aromatic rings. The van der Waals surface area contributed by atoms with Gasteiger partial charge in [0.05, 0.1) is 0 Å². The average Bonchev–Trinajstić information content (AvgIpc) is 2.22. The Bertz CT molecular complexity index is 176. The standard InChI is InChI=1S/C6H12N2.C4H8N2.Ni/c1-3-7-5-6-8-4-2;1-5-3-4-6-2;/h5-6H,3-4H2,1-2H3;3-4H,1-2H3;. The van der Waals surface area contributed by atoms with Gasteiger partial charge in [-0.3, -0.25) is 20.0 Å². The van der Waals surface area contributed by atoms with Crippen molar-refractivity contribution in [3.8, 4) is 0 Å². The molecule has 0 atom stereocenters. The van der Waals surface area contributed by atoms with Crippen LogP contribution in [-0.4, -0.2) is 52.0 Å². The minimum Gasteiger partial charge on any atom is -0.295 e. The van der Waals surface area contributed by atoms with Crippen molar-refractivity contribution < 1.29 is 16.5 Å². The summed E-state index contributed by atoms with van der Waals surface area (Å²) < 4.78 is 0. The first-order chi connectivity index (χ1) is 6.83. The first kappa shape index (κ1) is 19.7. The number of hydrogen-bond donors (Lipinski definition) is 0. The van der Waals surface area contributed by atoms with Crippen LogP contribution in [0.4, 0.5) is 0 Å². The molecule has 0 radical (unpaired) electrons. The molecule has 0 N–H and O–H groups in total. The minimum absolute atomic E-state index is 0. The molecule has 0 saturated heterocycles. The van der Waals surface area contributed by atoms with Crippen molar-refractivity contribution in [3.63, 3.8) is 0 Å². The monoisotopic (exact) mass is 254 g/mol. The van der Waals surface area contributed by atoms with Gasteiger partial charge in [0.2, 0.25) is 0 Å². The third kappa shape index (κ3) is 32.0. The SMILES string of the molecule is CCN=CC=NCC.CN=CC=NC.[Ni]. The summed E-state index contributed by atoms with van der Waals surface area (Å²) in [4.78, 5) is 15.2. The van der Waals surface area contributed by atoms with Crippen LogP contribution in [0, 0.1) is 0 Å². The first-order valence-corrected chi connectivity index (χ1v) is 4.64. The minimum atomic E-state index is 0. The summed E-state index contributed by atoms with van der Waals surface area (Å²) >= 11 is 0. The second-order valence-electron chi connectivity index (χ2n) is 2.11. The molecular weight excluding hydrogens is 235 g/mol. The third-order valence-corrected chi connectivity index (χ3v) is 1.01. The van der Waals surface area contributed by atoms with Crippen LogP contribution in [0.25, 0.3) is 0 Å². The summed E-state index contributed by atoms with van der Waals surface area (Å²) in [5, 5.41) is 0. The van der Waals surface area contributed by atoms with Crippen molar-refractivity contribution in [3.05, 3.63) is 0 Å². The molecule has 0 aromatic heterocycles. The van der Waals surface area contributed by atoms with Crippen LogP contribution in [0.15, 0.2) is 20.0 Å². The van der Waals surface area contributed by atoms with Crippen LogP contribution in [-0.2, 0) is 16.5 Å². The van der Waals surface area contributed by atoms with E-state index in [2.05, 4.69) is 20.0 Å². The van der Waals surface area contributed by atoms with Crippen LogP contribution in [0.1, 0.15) is 13.8 Å². The van der Waals surface area contributed by atoms with E-state index in [-0.39, 0.29) is 16.5 Å². The smallest absolute Gasteiger partial charge is 0.0390 e. The van der Waals surface area contributed by atoms with Crippen LogP contribution in [0.3, 0.4) is 0 Å². The molecule has 5 heteroatoms. The number of nitrogens with zero attached hydrogens (tertiary/aromatic N) is 4. The van der Waals surface area contributed by atoms with Crippen molar-refractivity contribution in [1.82, 2.24) is 0 Å². The molecule has 0 amide bonds. The van der Waals surface area contributed by atoms with E-state index in [1.54, 1.807) is 39.0 Å². The largest absolute Gasteiger partial charge is 0.295 e. The summed E-state index contributed by atoms with van der Waals surface area (Å²) in [6, 6.07) is 0. The fourth-order valence-corrected chi connectivity index (χ4v) is 0.438. The van der Waals surface area contributed by atoms with E-state index in [9.17, 15) is 0 Å². The van der Waals surface area contributed by atoms with Gasteiger partial charge in [-0.15, -0.1) is 0 Å². The zero-order valence-electron chi connectivity index (χ0n) is 9.83. The van der Waals surface area contributed by atoms with E-state index >= 15 is 0 Å². The van der Waals surface area contributed by atoms with Gasteiger partial charge in [0.1, 0.15) is 0 Å². The van der Waals surface area contributed by atoms with E-state index in [0.29, 0.717) is 0 Å². The number of aliphatic imine (C=N–C) groups is 4. The Morgan fingerprint density at radius 3 is 1.27 bits per heavy atom. The van der Waals surface area contributed by atoms with Gasteiger partial charge in [-0.1, -0.05) is 0 Å². The topological polar surface area (TPSA) is 49.4 Å². The Morgan fingerprint density at radius 1 is 0.733 bits per heavy atom. The van der Waals surface area contributed by atoms with Gasteiger partial charge in [0, 0.05) is 68.5 Å². The quantitative estimate of drug-likeness (QED) is 0.540. The van der Waals surface area contributed by atoms with E-state index in [1.807, 2.05) is 13.8 Å². The van der Waals surface area contributed by atoms with Gasteiger partial charge in [-0.2, -0.15) is 0 Å². The fraction of sp³-hybridized carbons (Fsp3) is 0.600. The molecule has 0 heterocycles. The molecule has 0 aliphatic rings. The zero-order chi connectivity index (χ0) is 11.1. The molecule has 4 nitrogen and oxygen atoms in total. The fourth-order valence-electron chi connectivity index (χ4n) is 0.438. The molecule has 90 valence electrons. The van der Waals surface area contributed by atoms with Crippen LogP contribution < -0.4 is 0 Å². The Balaban J connectivity index is -0.000000187. The number of hydrogen-bond acceptors (Lipinski definition) is 4. The van der Waals surface area contributed by atoms with Crippen molar-refractivity contribution in [2.75, 3.05) is 27.2 Å². The van der Waals surface area contributed by atoms with Gasteiger partial charge in [0.15, 0.2) is 0 Å². The maximum atomic E-state index is 3.94. The Kier molecular flexibility index (Phi) is 30.5. The summed E-state index contributed by atoms with van der Waals surface area (Å²) in [6.07, 6.45) is 6.73. The van der Waals surface area contributed by atoms with E-state index < -0.39 is 0 Å². The van der Waals surface area contributed by atoms with Gasteiger partial charge in [-0.05, 0) is 13.8 Å². The average molecular weight is 255 g/mol. The zero-order valence-corrected chi connectivity index (χ0v) is 10.8. The van der Waals surface area contributed by atoms with Crippen LogP contribution in [0.2, 0.25) is 0 Å². The molecule has 0 unspecified atom stereocenters. The maximum Gasteiger partial charge on any atom is 0.0390 e. The van der Waals surface area contributed by atoms with Gasteiger partial charge in [-0.25, -0.2) is 0 Å². The van der Waals surface area contributed by atoms with Gasteiger partial charge >= 0.3 is 0 Å². The molecule has 0 aliphatic carbocycles. The summed E-state index contributed by atoms with van der Waals surface area (Å²) in [6.45, 7) is 5.68. The summed E-state index contributed by atoms with van der Waals surface area (Å²) in [5.74, 6) is 0. The molecule has 0 bridgehead atoms. The molecule has 0 aromatic carbocycles. The predicted molar refractivity (Wildman–Crippen MR) is 66.9 cm³/mol. The maximum absolute atomic E-state index is 3.94. The number of rotatable bonds is 4. The van der Waals surface area contributed by atoms with Crippen molar-refractivity contribution in [1.29, 1.82) is 0 Å². The van der Waals surface area contributed by atoms with E-state index in [0.717, 1.165) is 13.1 Å². The van der Waals surface area contributed by atoms with E-state index in [1.165, 1.54) is 0 Å². The molecule has 0 spiro atoms. The molecule has 0 rings (SSSR count). The van der Waals surface area contributed by atoms with E-state index in [4.69, 9.17) is 0 Å². The molecule has 15 heavy (non-hydrogen) atoms. The van der Waals surface area contributed by atoms with Crippen molar-refractivity contribution in [2.45, 2.75) is 13.8 Å². The van der Waals surface area contributed by atoms with Gasteiger partial charge < -0.3 is 0 Å². The van der Waals surface area contributed by atoms with Crippen molar-refractivity contribution >= 4 is 24.9 Å². The molecule has 0 aliphatic heterocycles. The molecule has 0 fully saturated rings. The van der Waals surface area contributed by atoms with Crippen molar-refractivity contribution in [2.24, 2.45) is 20.0 Å². The summed E-state index contributed by atoms with van der Waals surface area (Å²) in [5.41, 5.74) is 0. The normalized spacial score (nSPS) is 10.9. The van der Waals surface area contributed by atoms with Crippen LogP contribution in [0.5, 0.6) is 0 Å².